The van der Waals surface area contributed by atoms with Crippen molar-refractivity contribution in [1.29, 1.82) is 0 Å². The molecular formula is C25H35N3O3. The highest BCUT2D eigenvalue weighted by Gasteiger charge is 2.29. The standard InChI is InChI=1S/C25H35N3O3/c1-17(2)22-14-20(19-11-7-8-12-21(19)26-22)23(29)28-13-9-10-18(16-28)15-27(6)24(30)31-25(3,4)5/h7-8,11-12,14,17-18H,9-10,13,15-16H2,1-6H3. The summed E-state index contributed by atoms with van der Waals surface area (Å²) in [6.45, 7) is 11.7. The number of carbonyl (C=O) groups is 2. The lowest BCUT2D eigenvalue weighted by atomic mass is 9.96. The van der Waals surface area contributed by atoms with Crippen LogP contribution >= 0.6 is 0 Å². The second kappa shape index (κ2) is 9.25. The average molecular weight is 426 g/mol. The Kier molecular flexibility index (Phi) is 6.87. The molecule has 1 saturated heterocycles. The summed E-state index contributed by atoms with van der Waals surface area (Å²) in [5, 5.41) is 0.893. The quantitative estimate of drug-likeness (QED) is 0.685. The van der Waals surface area contributed by atoms with E-state index in [2.05, 4.69) is 13.8 Å². The van der Waals surface area contributed by atoms with Crippen LogP contribution in [0, 0.1) is 5.92 Å². The lowest BCUT2D eigenvalue weighted by molar-refractivity contribution is 0.0244. The Hall–Kier alpha value is -2.63. The molecule has 1 aliphatic rings. The zero-order valence-electron chi connectivity index (χ0n) is 19.6. The van der Waals surface area contributed by atoms with Gasteiger partial charge in [-0.1, -0.05) is 32.0 Å². The van der Waals surface area contributed by atoms with Gasteiger partial charge in [0.05, 0.1) is 11.1 Å². The predicted octanol–water partition coefficient (Wildman–Crippen LogP) is 5.08. The normalized spacial score (nSPS) is 17.1. The van der Waals surface area contributed by atoms with Crippen molar-refractivity contribution >= 4 is 22.9 Å². The van der Waals surface area contributed by atoms with Crippen LogP contribution in [0.1, 0.15) is 69.4 Å². The van der Waals surface area contributed by atoms with Crippen molar-refractivity contribution < 1.29 is 14.3 Å². The molecule has 1 aromatic heterocycles. The monoisotopic (exact) mass is 425 g/mol. The van der Waals surface area contributed by atoms with Crippen LogP contribution in [0.4, 0.5) is 4.79 Å². The summed E-state index contributed by atoms with van der Waals surface area (Å²) in [5.41, 5.74) is 1.99. The predicted molar refractivity (Wildman–Crippen MR) is 123 cm³/mol. The van der Waals surface area contributed by atoms with Crippen molar-refractivity contribution in [2.45, 2.75) is 59.0 Å². The number of amides is 2. The van der Waals surface area contributed by atoms with E-state index in [-0.39, 0.29) is 23.8 Å². The lowest BCUT2D eigenvalue weighted by Gasteiger charge is -2.35. The van der Waals surface area contributed by atoms with E-state index in [1.54, 1.807) is 11.9 Å². The zero-order valence-corrected chi connectivity index (χ0v) is 19.6. The third-order valence-electron chi connectivity index (χ3n) is 5.60. The van der Waals surface area contributed by atoms with Gasteiger partial charge in [-0.15, -0.1) is 0 Å². The number of hydrogen-bond donors (Lipinski definition) is 0. The average Bonchev–Trinajstić information content (AvgIpc) is 2.71. The number of nitrogens with zero attached hydrogens (tertiary/aromatic N) is 3. The number of carbonyl (C=O) groups excluding carboxylic acids is 2. The molecule has 1 aliphatic heterocycles. The number of benzene rings is 1. The van der Waals surface area contributed by atoms with Crippen molar-refractivity contribution in [3.8, 4) is 0 Å². The number of rotatable bonds is 4. The molecule has 1 fully saturated rings. The van der Waals surface area contributed by atoms with E-state index in [0.717, 1.165) is 41.5 Å². The van der Waals surface area contributed by atoms with Crippen LogP contribution in [0.25, 0.3) is 10.9 Å². The highest BCUT2D eigenvalue weighted by Crippen LogP contribution is 2.26. The summed E-state index contributed by atoms with van der Waals surface area (Å²) >= 11 is 0. The van der Waals surface area contributed by atoms with Crippen molar-refractivity contribution in [3.05, 3.63) is 41.6 Å². The van der Waals surface area contributed by atoms with Gasteiger partial charge in [-0.3, -0.25) is 9.78 Å². The van der Waals surface area contributed by atoms with Gasteiger partial charge in [0.15, 0.2) is 0 Å². The molecule has 3 rings (SSSR count). The molecule has 0 bridgehead atoms. The van der Waals surface area contributed by atoms with Gasteiger partial charge in [-0.05, 0) is 57.6 Å². The van der Waals surface area contributed by atoms with E-state index in [4.69, 9.17) is 9.72 Å². The molecule has 0 saturated carbocycles. The Morgan fingerprint density at radius 2 is 1.97 bits per heavy atom. The van der Waals surface area contributed by atoms with E-state index in [0.29, 0.717) is 13.1 Å². The van der Waals surface area contributed by atoms with E-state index >= 15 is 0 Å². The van der Waals surface area contributed by atoms with Gasteiger partial charge in [0.2, 0.25) is 0 Å². The first-order valence-electron chi connectivity index (χ1n) is 11.2. The Bertz CT molecular complexity index is 949. The number of pyridine rings is 1. The number of piperidine rings is 1. The largest absolute Gasteiger partial charge is 0.444 e. The van der Waals surface area contributed by atoms with Gasteiger partial charge >= 0.3 is 6.09 Å². The van der Waals surface area contributed by atoms with Crippen LogP contribution in [0.2, 0.25) is 0 Å². The van der Waals surface area contributed by atoms with Crippen molar-refractivity contribution in [2.24, 2.45) is 5.92 Å². The molecule has 6 nitrogen and oxygen atoms in total. The Labute approximate surface area is 185 Å². The fraction of sp³-hybridized carbons (Fsp3) is 0.560. The summed E-state index contributed by atoms with van der Waals surface area (Å²) in [5.74, 6) is 0.519. The Morgan fingerprint density at radius 3 is 2.65 bits per heavy atom. The summed E-state index contributed by atoms with van der Waals surface area (Å²) in [6, 6.07) is 9.79. The molecular weight excluding hydrogens is 390 g/mol. The van der Waals surface area contributed by atoms with E-state index in [1.165, 1.54) is 0 Å². The molecule has 0 aliphatic carbocycles. The number of para-hydroxylation sites is 1. The number of hydrogen-bond acceptors (Lipinski definition) is 4. The second-order valence-corrected chi connectivity index (χ2v) is 9.89. The van der Waals surface area contributed by atoms with Crippen molar-refractivity contribution in [1.82, 2.24) is 14.8 Å². The van der Waals surface area contributed by atoms with Gasteiger partial charge in [-0.2, -0.15) is 0 Å². The first-order valence-corrected chi connectivity index (χ1v) is 11.2. The molecule has 2 amide bonds. The van der Waals surface area contributed by atoms with Gasteiger partial charge in [-0.25, -0.2) is 4.79 Å². The first-order chi connectivity index (χ1) is 14.5. The molecule has 0 N–H and O–H groups in total. The molecule has 0 radical (unpaired) electrons. The third kappa shape index (κ3) is 5.75. The van der Waals surface area contributed by atoms with Gasteiger partial charge in [0.1, 0.15) is 5.60 Å². The second-order valence-electron chi connectivity index (χ2n) is 9.89. The molecule has 0 spiro atoms. The Morgan fingerprint density at radius 1 is 1.26 bits per heavy atom. The fourth-order valence-electron chi connectivity index (χ4n) is 4.04. The number of fused-ring (bicyclic) bond motifs is 1. The SMILES string of the molecule is CC(C)c1cc(C(=O)N2CCCC(CN(C)C(=O)OC(C)(C)C)C2)c2ccccc2n1. The molecule has 6 heteroatoms. The number of aromatic nitrogens is 1. The molecule has 2 aromatic rings. The third-order valence-corrected chi connectivity index (χ3v) is 5.60. The van der Waals surface area contributed by atoms with Crippen molar-refractivity contribution in [2.75, 3.05) is 26.7 Å². The number of ether oxygens (including phenoxy) is 1. The summed E-state index contributed by atoms with van der Waals surface area (Å²) < 4.78 is 5.47. The van der Waals surface area contributed by atoms with Crippen LogP contribution in [0.5, 0.6) is 0 Å². The maximum atomic E-state index is 13.5. The van der Waals surface area contributed by atoms with E-state index in [9.17, 15) is 9.59 Å². The molecule has 168 valence electrons. The maximum Gasteiger partial charge on any atom is 0.410 e. The lowest BCUT2D eigenvalue weighted by Crippen LogP contribution is -2.45. The molecule has 2 heterocycles. The van der Waals surface area contributed by atoms with Crippen LogP contribution < -0.4 is 0 Å². The van der Waals surface area contributed by atoms with Crippen LogP contribution in [-0.4, -0.2) is 59.1 Å². The highest BCUT2D eigenvalue weighted by molar-refractivity contribution is 6.06. The summed E-state index contributed by atoms with van der Waals surface area (Å²) in [4.78, 5) is 34.2. The fourth-order valence-corrected chi connectivity index (χ4v) is 4.04. The highest BCUT2D eigenvalue weighted by atomic mass is 16.6. The topological polar surface area (TPSA) is 62.7 Å². The first kappa shape index (κ1) is 23.0. The maximum absolute atomic E-state index is 13.5. The van der Waals surface area contributed by atoms with Crippen LogP contribution in [0.15, 0.2) is 30.3 Å². The minimum Gasteiger partial charge on any atom is -0.444 e. The summed E-state index contributed by atoms with van der Waals surface area (Å²) in [7, 11) is 1.76. The van der Waals surface area contributed by atoms with Crippen LogP contribution in [0.3, 0.4) is 0 Å². The summed E-state index contributed by atoms with van der Waals surface area (Å²) in [6.07, 6.45) is 1.60. The smallest absolute Gasteiger partial charge is 0.410 e. The zero-order chi connectivity index (χ0) is 22.8. The van der Waals surface area contributed by atoms with Crippen molar-refractivity contribution in [3.63, 3.8) is 0 Å². The van der Waals surface area contributed by atoms with E-state index < -0.39 is 5.60 Å². The number of likely N-dealkylation sites (tertiary alicyclic amines) is 1. The molecule has 1 atom stereocenters. The van der Waals surface area contributed by atoms with E-state index in [1.807, 2.05) is 56.0 Å². The van der Waals surface area contributed by atoms with Gasteiger partial charge in [0.25, 0.3) is 5.91 Å². The molecule has 1 aromatic carbocycles. The Balaban J connectivity index is 1.76. The molecule has 31 heavy (non-hydrogen) atoms. The minimum absolute atomic E-state index is 0.0464. The molecule has 1 unspecified atom stereocenters. The van der Waals surface area contributed by atoms with Gasteiger partial charge < -0.3 is 14.5 Å². The van der Waals surface area contributed by atoms with Gasteiger partial charge in [0, 0.05) is 37.8 Å². The van der Waals surface area contributed by atoms with Crippen LogP contribution in [-0.2, 0) is 4.74 Å². The minimum atomic E-state index is -0.517.